The standard InChI is InChI=1S/C14H15ClN2S2/c1-9-11(15)5-3-6-12(9)17-14(18)16-10(2)13-7-4-8-19-13/h3-8,10H,1-2H3,(H2,16,17,18)/t10-/m1/s1. The van der Waals surface area contributed by atoms with E-state index in [1.807, 2.05) is 31.2 Å². The molecule has 2 aromatic rings. The van der Waals surface area contributed by atoms with Crippen molar-refractivity contribution in [2.24, 2.45) is 0 Å². The van der Waals surface area contributed by atoms with Crippen molar-refractivity contribution in [1.82, 2.24) is 5.32 Å². The van der Waals surface area contributed by atoms with Crippen LogP contribution in [0, 0.1) is 6.92 Å². The molecule has 0 unspecified atom stereocenters. The molecule has 0 aliphatic heterocycles. The normalized spacial score (nSPS) is 11.9. The van der Waals surface area contributed by atoms with Gasteiger partial charge in [-0.15, -0.1) is 11.3 Å². The Kier molecular flexibility index (Phi) is 4.80. The molecule has 2 rings (SSSR count). The van der Waals surface area contributed by atoms with Crippen molar-refractivity contribution >= 4 is 46.0 Å². The summed E-state index contributed by atoms with van der Waals surface area (Å²) in [4.78, 5) is 1.26. The predicted molar refractivity (Wildman–Crippen MR) is 88.3 cm³/mol. The van der Waals surface area contributed by atoms with Gasteiger partial charge in [-0.2, -0.15) is 0 Å². The van der Waals surface area contributed by atoms with E-state index in [0.717, 1.165) is 16.3 Å². The van der Waals surface area contributed by atoms with Gasteiger partial charge >= 0.3 is 0 Å². The minimum Gasteiger partial charge on any atom is -0.355 e. The van der Waals surface area contributed by atoms with E-state index >= 15 is 0 Å². The third kappa shape index (κ3) is 3.69. The third-order valence-electron chi connectivity index (χ3n) is 2.83. The predicted octanol–water partition coefficient (Wildman–Crippen LogP) is 4.76. The van der Waals surface area contributed by atoms with Crippen LogP contribution in [0.25, 0.3) is 0 Å². The van der Waals surface area contributed by atoms with Crippen molar-refractivity contribution in [3.63, 3.8) is 0 Å². The largest absolute Gasteiger partial charge is 0.355 e. The highest BCUT2D eigenvalue weighted by Gasteiger charge is 2.09. The summed E-state index contributed by atoms with van der Waals surface area (Å²) in [6, 6.07) is 10.1. The first-order chi connectivity index (χ1) is 9.08. The molecule has 1 aromatic heterocycles. The fraction of sp³-hybridized carbons (Fsp3) is 0.214. The molecular weight excluding hydrogens is 296 g/mol. The number of thiophene rings is 1. The van der Waals surface area contributed by atoms with E-state index in [1.165, 1.54) is 4.88 Å². The maximum Gasteiger partial charge on any atom is 0.171 e. The molecule has 0 fully saturated rings. The zero-order valence-electron chi connectivity index (χ0n) is 10.7. The molecule has 0 spiro atoms. The topological polar surface area (TPSA) is 24.1 Å². The third-order valence-corrected chi connectivity index (χ3v) is 4.52. The molecule has 19 heavy (non-hydrogen) atoms. The van der Waals surface area contributed by atoms with Gasteiger partial charge in [0.25, 0.3) is 0 Å². The summed E-state index contributed by atoms with van der Waals surface area (Å²) < 4.78 is 0. The van der Waals surface area contributed by atoms with Crippen LogP contribution in [0.1, 0.15) is 23.4 Å². The van der Waals surface area contributed by atoms with E-state index in [-0.39, 0.29) is 6.04 Å². The van der Waals surface area contributed by atoms with E-state index in [4.69, 9.17) is 23.8 Å². The van der Waals surface area contributed by atoms with E-state index < -0.39 is 0 Å². The Morgan fingerprint density at radius 1 is 1.32 bits per heavy atom. The van der Waals surface area contributed by atoms with Gasteiger partial charge in [0.15, 0.2) is 5.11 Å². The maximum atomic E-state index is 6.08. The van der Waals surface area contributed by atoms with Crippen molar-refractivity contribution in [1.29, 1.82) is 0 Å². The molecule has 0 radical (unpaired) electrons. The van der Waals surface area contributed by atoms with Crippen LogP contribution >= 0.6 is 35.2 Å². The molecule has 0 bridgehead atoms. The van der Waals surface area contributed by atoms with Crippen LogP contribution in [0.3, 0.4) is 0 Å². The van der Waals surface area contributed by atoms with Crippen LogP contribution in [-0.4, -0.2) is 5.11 Å². The molecule has 0 aliphatic carbocycles. The van der Waals surface area contributed by atoms with E-state index in [1.54, 1.807) is 11.3 Å². The number of halogens is 1. The van der Waals surface area contributed by atoms with Gasteiger partial charge in [-0.25, -0.2) is 0 Å². The Morgan fingerprint density at radius 3 is 2.79 bits per heavy atom. The Hall–Kier alpha value is -1.10. The van der Waals surface area contributed by atoms with Gasteiger partial charge in [0, 0.05) is 15.6 Å². The van der Waals surface area contributed by atoms with Crippen molar-refractivity contribution < 1.29 is 0 Å². The van der Waals surface area contributed by atoms with Gasteiger partial charge in [-0.3, -0.25) is 0 Å². The fourth-order valence-corrected chi connectivity index (χ4v) is 2.90. The highest BCUT2D eigenvalue weighted by Crippen LogP contribution is 2.23. The summed E-state index contributed by atoms with van der Waals surface area (Å²) in [5.74, 6) is 0. The Bertz CT molecular complexity index is 567. The molecular formula is C14H15ClN2S2. The zero-order chi connectivity index (χ0) is 13.8. The monoisotopic (exact) mass is 310 g/mol. The second-order valence-corrected chi connectivity index (χ2v) is 6.04. The quantitative estimate of drug-likeness (QED) is 0.799. The molecule has 5 heteroatoms. The smallest absolute Gasteiger partial charge is 0.171 e. The van der Waals surface area contributed by atoms with Gasteiger partial charge in [-0.05, 0) is 55.2 Å². The molecule has 0 saturated heterocycles. The number of nitrogens with one attached hydrogen (secondary N) is 2. The Balaban J connectivity index is 2.00. The number of benzene rings is 1. The van der Waals surface area contributed by atoms with Crippen LogP contribution in [-0.2, 0) is 0 Å². The lowest BCUT2D eigenvalue weighted by Crippen LogP contribution is -2.30. The summed E-state index contributed by atoms with van der Waals surface area (Å²) in [6.07, 6.45) is 0. The van der Waals surface area contributed by atoms with E-state index in [0.29, 0.717) is 5.11 Å². The lowest BCUT2D eigenvalue weighted by Gasteiger charge is -2.17. The number of anilines is 1. The van der Waals surface area contributed by atoms with Gasteiger partial charge in [0.05, 0.1) is 6.04 Å². The second-order valence-electron chi connectivity index (χ2n) is 4.25. The Labute approximate surface area is 127 Å². The van der Waals surface area contributed by atoms with Crippen molar-refractivity contribution in [3.8, 4) is 0 Å². The van der Waals surface area contributed by atoms with Gasteiger partial charge < -0.3 is 10.6 Å². The molecule has 1 atom stereocenters. The SMILES string of the molecule is Cc1c(Cl)cccc1NC(=S)N[C@H](C)c1cccs1. The molecule has 2 nitrogen and oxygen atoms in total. The molecule has 0 amide bonds. The second kappa shape index (κ2) is 6.37. The first kappa shape index (κ1) is 14.3. The summed E-state index contributed by atoms with van der Waals surface area (Å²) in [5, 5.41) is 9.85. The van der Waals surface area contributed by atoms with Gasteiger partial charge in [-0.1, -0.05) is 23.7 Å². The minimum absolute atomic E-state index is 0.194. The first-order valence-corrected chi connectivity index (χ1v) is 7.60. The molecule has 0 aliphatic rings. The van der Waals surface area contributed by atoms with Gasteiger partial charge in [0.1, 0.15) is 0 Å². The van der Waals surface area contributed by atoms with Crippen LogP contribution < -0.4 is 10.6 Å². The lowest BCUT2D eigenvalue weighted by molar-refractivity contribution is 0.737. The summed E-state index contributed by atoms with van der Waals surface area (Å²) in [5.41, 5.74) is 1.93. The average Bonchev–Trinajstić information content (AvgIpc) is 2.88. The highest BCUT2D eigenvalue weighted by molar-refractivity contribution is 7.80. The minimum atomic E-state index is 0.194. The van der Waals surface area contributed by atoms with Crippen LogP contribution in [0.4, 0.5) is 5.69 Å². The number of thiocarbonyl (C=S) groups is 1. The Morgan fingerprint density at radius 2 is 2.11 bits per heavy atom. The fourth-order valence-electron chi connectivity index (χ4n) is 1.71. The highest BCUT2D eigenvalue weighted by atomic mass is 35.5. The van der Waals surface area contributed by atoms with E-state index in [2.05, 4.69) is 29.0 Å². The van der Waals surface area contributed by atoms with Crippen molar-refractivity contribution in [2.45, 2.75) is 19.9 Å². The molecule has 1 aromatic carbocycles. The summed E-state index contributed by atoms with van der Waals surface area (Å²) >= 11 is 13.1. The lowest BCUT2D eigenvalue weighted by atomic mass is 10.2. The van der Waals surface area contributed by atoms with Gasteiger partial charge in [0.2, 0.25) is 0 Å². The summed E-state index contributed by atoms with van der Waals surface area (Å²) in [7, 11) is 0. The number of hydrogen-bond acceptors (Lipinski definition) is 2. The maximum absolute atomic E-state index is 6.08. The van der Waals surface area contributed by atoms with Crippen LogP contribution in [0.15, 0.2) is 35.7 Å². The molecule has 1 heterocycles. The molecule has 2 N–H and O–H groups in total. The van der Waals surface area contributed by atoms with Crippen molar-refractivity contribution in [2.75, 3.05) is 5.32 Å². The number of hydrogen-bond donors (Lipinski definition) is 2. The summed E-state index contributed by atoms with van der Waals surface area (Å²) in [6.45, 7) is 4.06. The van der Waals surface area contributed by atoms with Crippen LogP contribution in [0.2, 0.25) is 5.02 Å². The number of rotatable bonds is 3. The zero-order valence-corrected chi connectivity index (χ0v) is 13.1. The van der Waals surface area contributed by atoms with E-state index in [9.17, 15) is 0 Å². The first-order valence-electron chi connectivity index (χ1n) is 5.94. The van der Waals surface area contributed by atoms with Crippen LogP contribution in [0.5, 0.6) is 0 Å². The molecule has 0 saturated carbocycles. The molecule has 100 valence electrons. The average molecular weight is 311 g/mol. The van der Waals surface area contributed by atoms with Crippen molar-refractivity contribution in [3.05, 3.63) is 51.2 Å².